The highest BCUT2D eigenvalue weighted by molar-refractivity contribution is 9.10. The highest BCUT2D eigenvalue weighted by atomic mass is 79.9. The van der Waals surface area contributed by atoms with Crippen LogP contribution in [0.3, 0.4) is 0 Å². The van der Waals surface area contributed by atoms with E-state index in [1.54, 1.807) is 18.2 Å². The largest absolute Gasteiger partial charge is 0.396 e. The minimum atomic E-state index is -0.686. The molecule has 0 spiro atoms. The van der Waals surface area contributed by atoms with Gasteiger partial charge in [0.2, 0.25) is 0 Å². The second-order valence-electron chi connectivity index (χ2n) is 3.97. The van der Waals surface area contributed by atoms with Crippen LogP contribution in [0, 0.1) is 0 Å². The zero-order chi connectivity index (χ0) is 14.1. The Morgan fingerprint density at radius 1 is 1.11 bits per heavy atom. The predicted octanol–water partition coefficient (Wildman–Crippen LogP) is 1.67. The molecular weight excluding hydrogens is 312 g/mol. The minimum Gasteiger partial charge on any atom is -0.396 e. The average Bonchev–Trinajstić information content (AvgIpc) is 2.41. The summed E-state index contributed by atoms with van der Waals surface area (Å²) in [5, 5.41) is 13.7. The van der Waals surface area contributed by atoms with Crippen molar-refractivity contribution in [1.29, 1.82) is 0 Å². The molecule has 0 atom stereocenters. The fourth-order valence-corrected chi connectivity index (χ4v) is 1.82. The van der Waals surface area contributed by atoms with Crippen molar-refractivity contribution in [3.8, 4) is 0 Å². The molecule has 0 aromatic heterocycles. The number of aliphatic hydroxyl groups is 1. The van der Waals surface area contributed by atoms with Crippen LogP contribution in [0.2, 0.25) is 0 Å². The van der Waals surface area contributed by atoms with Gasteiger partial charge in [-0.3, -0.25) is 9.59 Å². The van der Waals surface area contributed by atoms with Gasteiger partial charge in [-0.2, -0.15) is 0 Å². The number of para-hydroxylation sites is 1. The first-order valence-corrected chi connectivity index (χ1v) is 6.89. The molecule has 1 rings (SSSR count). The van der Waals surface area contributed by atoms with Crippen LogP contribution < -0.4 is 10.6 Å². The summed E-state index contributed by atoms with van der Waals surface area (Å²) in [6.45, 7) is 0.582. The van der Waals surface area contributed by atoms with Crippen LogP contribution in [0.25, 0.3) is 0 Å². The number of anilines is 1. The Morgan fingerprint density at radius 3 is 2.53 bits per heavy atom. The molecule has 0 aliphatic heterocycles. The van der Waals surface area contributed by atoms with Gasteiger partial charge in [0, 0.05) is 17.6 Å². The van der Waals surface area contributed by atoms with Crippen molar-refractivity contribution in [3.05, 3.63) is 28.7 Å². The molecule has 19 heavy (non-hydrogen) atoms. The van der Waals surface area contributed by atoms with E-state index in [0.717, 1.165) is 17.3 Å². The maximum absolute atomic E-state index is 11.6. The summed E-state index contributed by atoms with van der Waals surface area (Å²) in [5.74, 6) is -1.34. The molecule has 0 radical (unpaired) electrons. The van der Waals surface area contributed by atoms with Crippen molar-refractivity contribution >= 4 is 33.4 Å². The van der Waals surface area contributed by atoms with Gasteiger partial charge in [-0.25, -0.2) is 0 Å². The quantitative estimate of drug-likeness (QED) is 0.549. The molecule has 1 aromatic carbocycles. The van der Waals surface area contributed by atoms with Crippen LogP contribution >= 0.6 is 15.9 Å². The predicted molar refractivity (Wildman–Crippen MR) is 76.7 cm³/mol. The van der Waals surface area contributed by atoms with Gasteiger partial charge in [0.05, 0.1) is 5.69 Å². The van der Waals surface area contributed by atoms with Crippen molar-refractivity contribution < 1.29 is 14.7 Å². The monoisotopic (exact) mass is 328 g/mol. The topological polar surface area (TPSA) is 78.4 Å². The summed E-state index contributed by atoms with van der Waals surface area (Å²) in [7, 11) is 0. The number of rotatable bonds is 6. The average molecular weight is 329 g/mol. The lowest BCUT2D eigenvalue weighted by Gasteiger charge is -2.07. The molecule has 104 valence electrons. The van der Waals surface area contributed by atoms with E-state index in [1.807, 2.05) is 6.07 Å². The molecule has 5 nitrogen and oxygen atoms in total. The molecule has 0 saturated carbocycles. The molecule has 6 heteroatoms. The van der Waals surface area contributed by atoms with Crippen LogP contribution in [0.4, 0.5) is 5.69 Å². The molecular formula is C13H17BrN2O3. The second-order valence-corrected chi connectivity index (χ2v) is 4.83. The van der Waals surface area contributed by atoms with E-state index >= 15 is 0 Å². The Morgan fingerprint density at radius 2 is 1.84 bits per heavy atom. The van der Waals surface area contributed by atoms with E-state index in [4.69, 9.17) is 5.11 Å². The molecule has 0 saturated heterocycles. The highest BCUT2D eigenvalue weighted by Crippen LogP contribution is 2.20. The van der Waals surface area contributed by atoms with Gasteiger partial charge >= 0.3 is 11.8 Å². The third kappa shape index (κ3) is 5.85. The maximum atomic E-state index is 11.6. The standard InChI is InChI=1S/C13H17BrN2O3/c14-10-6-2-3-7-11(10)16-13(19)12(18)15-8-4-1-5-9-17/h2-3,6-7,17H,1,4-5,8-9H2,(H,15,18)(H,16,19). The smallest absolute Gasteiger partial charge is 0.313 e. The normalized spacial score (nSPS) is 10.0. The third-order valence-corrected chi connectivity index (χ3v) is 3.14. The first-order chi connectivity index (χ1) is 9.15. The lowest BCUT2D eigenvalue weighted by Crippen LogP contribution is -2.36. The SMILES string of the molecule is O=C(NCCCCCO)C(=O)Nc1ccccc1Br. The van der Waals surface area contributed by atoms with Gasteiger partial charge in [-0.05, 0) is 47.3 Å². The Kier molecular flexibility index (Phi) is 7.14. The number of amides is 2. The Labute approximate surface area is 120 Å². The Hall–Kier alpha value is -1.40. The van der Waals surface area contributed by atoms with Crippen molar-refractivity contribution in [2.24, 2.45) is 0 Å². The van der Waals surface area contributed by atoms with Crippen LogP contribution in [0.15, 0.2) is 28.7 Å². The summed E-state index contributed by atoms with van der Waals surface area (Å²) in [4.78, 5) is 23.1. The molecule has 0 aliphatic carbocycles. The van der Waals surface area contributed by atoms with E-state index in [1.165, 1.54) is 0 Å². The van der Waals surface area contributed by atoms with E-state index < -0.39 is 11.8 Å². The minimum absolute atomic E-state index is 0.149. The number of nitrogens with one attached hydrogen (secondary N) is 2. The van der Waals surface area contributed by atoms with Crippen LogP contribution in [-0.4, -0.2) is 30.1 Å². The molecule has 0 fully saturated rings. The fraction of sp³-hybridized carbons (Fsp3) is 0.385. The number of halogens is 1. The highest BCUT2D eigenvalue weighted by Gasteiger charge is 2.13. The molecule has 0 aliphatic rings. The van der Waals surface area contributed by atoms with Crippen molar-refractivity contribution in [1.82, 2.24) is 5.32 Å². The van der Waals surface area contributed by atoms with Crippen molar-refractivity contribution in [3.63, 3.8) is 0 Å². The van der Waals surface area contributed by atoms with Gasteiger partial charge in [0.15, 0.2) is 0 Å². The van der Waals surface area contributed by atoms with E-state index in [-0.39, 0.29) is 6.61 Å². The lowest BCUT2D eigenvalue weighted by molar-refractivity contribution is -0.136. The van der Waals surface area contributed by atoms with Crippen molar-refractivity contribution in [2.75, 3.05) is 18.5 Å². The van der Waals surface area contributed by atoms with Gasteiger partial charge in [0.1, 0.15) is 0 Å². The summed E-state index contributed by atoms with van der Waals surface area (Å²) < 4.78 is 0.721. The first kappa shape index (κ1) is 15.7. The number of hydrogen-bond acceptors (Lipinski definition) is 3. The fourth-order valence-electron chi connectivity index (χ4n) is 1.44. The van der Waals surface area contributed by atoms with Crippen LogP contribution in [-0.2, 0) is 9.59 Å². The summed E-state index contributed by atoms with van der Waals surface area (Å²) in [6, 6.07) is 7.08. The number of carbonyl (C=O) groups is 2. The van der Waals surface area contributed by atoms with E-state index in [0.29, 0.717) is 18.7 Å². The number of carbonyl (C=O) groups excluding carboxylic acids is 2. The lowest BCUT2D eigenvalue weighted by atomic mass is 10.2. The van der Waals surface area contributed by atoms with E-state index in [9.17, 15) is 9.59 Å². The number of hydrogen-bond donors (Lipinski definition) is 3. The first-order valence-electron chi connectivity index (χ1n) is 6.09. The molecule has 2 amide bonds. The number of aliphatic hydroxyl groups excluding tert-OH is 1. The Bertz CT molecular complexity index is 438. The van der Waals surface area contributed by atoms with Crippen LogP contribution in [0.5, 0.6) is 0 Å². The Balaban J connectivity index is 2.33. The molecule has 0 unspecified atom stereocenters. The summed E-state index contributed by atoms with van der Waals surface area (Å²) >= 11 is 3.28. The van der Waals surface area contributed by atoms with Crippen LogP contribution in [0.1, 0.15) is 19.3 Å². The number of unbranched alkanes of at least 4 members (excludes halogenated alkanes) is 2. The molecule has 0 heterocycles. The maximum Gasteiger partial charge on any atom is 0.313 e. The second kappa shape index (κ2) is 8.66. The molecule has 1 aromatic rings. The molecule has 3 N–H and O–H groups in total. The van der Waals surface area contributed by atoms with Gasteiger partial charge in [0.25, 0.3) is 0 Å². The van der Waals surface area contributed by atoms with Crippen molar-refractivity contribution in [2.45, 2.75) is 19.3 Å². The third-order valence-electron chi connectivity index (χ3n) is 2.45. The zero-order valence-electron chi connectivity index (χ0n) is 10.5. The van der Waals surface area contributed by atoms with Gasteiger partial charge in [-0.15, -0.1) is 0 Å². The number of benzene rings is 1. The van der Waals surface area contributed by atoms with Gasteiger partial charge in [-0.1, -0.05) is 12.1 Å². The molecule has 0 bridgehead atoms. The zero-order valence-corrected chi connectivity index (χ0v) is 12.1. The van der Waals surface area contributed by atoms with E-state index in [2.05, 4.69) is 26.6 Å². The van der Waals surface area contributed by atoms with Gasteiger partial charge < -0.3 is 15.7 Å². The summed E-state index contributed by atoms with van der Waals surface area (Å²) in [5.41, 5.74) is 0.558. The summed E-state index contributed by atoms with van der Waals surface area (Å²) in [6.07, 6.45) is 2.27.